The first kappa shape index (κ1) is 18.9. The van der Waals surface area contributed by atoms with Crippen LogP contribution < -0.4 is 10.9 Å². The summed E-state index contributed by atoms with van der Waals surface area (Å²) in [7, 11) is 0. The van der Waals surface area contributed by atoms with Crippen molar-refractivity contribution in [1.29, 1.82) is 0 Å². The molecule has 3 aromatic carbocycles. The second-order valence-corrected chi connectivity index (χ2v) is 7.39. The molecule has 0 aliphatic carbocycles. The number of carbonyl (C=O) groups excluding carboxylic acids is 1. The first-order chi connectivity index (χ1) is 14.1. The lowest BCUT2D eigenvalue weighted by Crippen LogP contribution is -2.20. The summed E-state index contributed by atoms with van der Waals surface area (Å²) in [6.07, 6.45) is 0. The second-order valence-electron chi connectivity index (χ2n) is 6.29. The van der Waals surface area contributed by atoms with Crippen molar-refractivity contribution in [1.82, 2.24) is 9.97 Å². The maximum absolute atomic E-state index is 13.1. The van der Waals surface area contributed by atoms with Gasteiger partial charge in [0.25, 0.3) is 5.56 Å². The van der Waals surface area contributed by atoms with Gasteiger partial charge in [-0.05, 0) is 42.0 Å². The van der Waals surface area contributed by atoms with Crippen molar-refractivity contribution in [3.8, 4) is 0 Å². The average Bonchev–Trinajstić information content (AvgIpc) is 2.74. The van der Waals surface area contributed by atoms with Crippen LogP contribution in [0.25, 0.3) is 10.9 Å². The van der Waals surface area contributed by atoms with Crippen LogP contribution in [-0.4, -0.2) is 15.9 Å². The van der Waals surface area contributed by atoms with E-state index >= 15 is 0 Å². The Kier molecular flexibility index (Phi) is 5.39. The van der Waals surface area contributed by atoms with Crippen LogP contribution in [0.1, 0.15) is 10.8 Å². The van der Waals surface area contributed by atoms with E-state index < -0.39 is 5.25 Å². The summed E-state index contributed by atoms with van der Waals surface area (Å²) < 4.78 is 13.1. The Labute approximate surface area is 170 Å². The number of para-hydroxylation sites is 1. The topological polar surface area (TPSA) is 74.8 Å². The molecule has 0 fully saturated rings. The van der Waals surface area contributed by atoms with E-state index in [0.717, 1.165) is 17.3 Å². The van der Waals surface area contributed by atoms with Crippen molar-refractivity contribution < 1.29 is 9.18 Å². The Morgan fingerprint density at radius 1 is 0.966 bits per heavy atom. The summed E-state index contributed by atoms with van der Waals surface area (Å²) in [6.45, 7) is 0. The average molecular weight is 405 g/mol. The quantitative estimate of drug-likeness (QED) is 0.378. The zero-order chi connectivity index (χ0) is 20.2. The first-order valence-corrected chi connectivity index (χ1v) is 9.75. The summed E-state index contributed by atoms with van der Waals surface area (Å²) in [5.74, 6) is -0.682. The minimum absolute atomic E-state index is 0.260. The number of nitrogens with one attached hydrogen (secondary N) is 2. The Balaban J connectivity index is 1.67. The molecule has 0 saturated carbocycles. The highest BCUT2D eigenvalue weighted by atomic mass is 32.2. The number of aromatic nitrogens is 2. The summed E-state index contributed by atoms with van der Waals surface area (Å²) in [5.41, 5.74) is 1.54. The van der Waals surface area contributed by atoms with Crippen LogP contribution in [0.5, 0.6) is 0 Å². The fourth-order valence-electron chi connectivity index (χ4n) is 2.87. The molecule has 1 aromatic heterocycles. The third-order valence-electron chi connectivity index (χ3n) is 4.27. The molecule has 1 heterocycles. The van der Waals surface area contributed by atoms with E-state index in [-0.39, 0.29) is 17.3 Å². The third kappa shape index (κ3) is 4.35. The van der Waals surface area contributed by atoms with Crippen molar-refractivity contribution >= 4 is 34.3 Å². The molecule has 2 N–H and O–H groups in total. The molecule has 0 spiro atoms. The number of H-pyrrole nitrogens is 1. The number of anilines is 1. The number of benzene rings is 3. The molecule has 0 unspecified atom stereocenters. The number of amides is 1. The summed E-state index contributed by atoms with van der Waals surface area (Å²) in [6, 6.07) is 21.8. The molecule has 1 atom stereocenters. The van der Waals surface area contributed by atoms with Crippen LogP contribution in [0.15, 0.2) is 88.8 Å². The van der Waals surface area contributed by atoms with Gasteiger partial charge in [0.15, 0.2) is 5.16 Å². The van der Waals surface area contributed by atoms with Crippen molar-refractivity contribution in [2.24, 2.45) is 0 Å². The number of aromatic amines is 1. The summed E-state index contributed by atoms with van der Waals surface area (Å²) in [5, 5.41) is 2.97. The number of hydrogen-bond acceptors (Lipinski definition) is 4. The second kappa shape index (κ2) is 8.28. The summed E-state index contributed by atoms with van der Waals surface area (Å²) >= 11 is 1.15. The van der Waals surface area contributed by atoms with Gasteiger partial charge in [-0.1, -0.05) is 54.2 Å². The van der Waals surface area contributed by atoms with Gasteiger partial charge < -0.3 is 10.3 Å². The van der Waals surface area contributed by atoms with E-state index in [2.05, 4.69) is 15.3 Å². The zero-order valence-corrected chi connectivity index (χ0v) is 15.9. The molecule has 5 nitrogen and oxygen atoms in total. The zero-order valence-electron chi connectivity index (χ0n) is 15.1. The summed E-state index contributed by atoms with van der Waals surface area (Å²) in [4.78, 5) is 32.6. The van der Waals surface area contributed by atoms with Gasteiger partial charge in [-0.3, -0.25) is 9.59 Å². The van der Waals surface area contributed by atoms with Gasteiger partial charge in [0.05, 0.1) is 10.9 Å². The SMILES string of the molecule is O=C(Nc1ccc(F)cc1)[C@@H](Sc1nc2ccccc2c(=O)[nH]1)c1ccccc1. The maximum Gasteiger partial charge on any atom is 0.259 e. The third-order valence-corrected chi connectivity index (χ3v) is 5.41. The number of carbonyl (C=O) groups is 1. The smallest absolute Gasteiger partial charge is 0.259 e. The molecule has 7 heteroatoms. The predicted molar refractivity (Wildman–Crippen MR) is 112 cm³/mol. The molecule has 1 amide bonds. The molecule has 4 aromatic rings. The van der Waals surface area contributed by atoms with Gasteiger partial charge in [0, 0.05) is 5.69 Å². The number of nitrogens with zero attached hydrogens (tertiary/aromatic N) is 1. The van der Waals surface area contributed by atoms with Gasteiger partial charge >= 0.3 is 0 Å². The van der Waals surface area contributed by atoms with E-state index in [1.807, 2.05) is 30.3 Å². The van der Waals surface area contributed by atoms with Gasteiger partial charge in [0.2, 0.25) is 5.91 Å². The van der Waals surface area contributed by atoms with Gasteiger partial charge in [-0.25, -0.2) is 9.37 Å². The molecule has 0 saturated heterocycles. The lowest BCUT2D eigenvalue weighted by atomic mass is 10.1. The first-order valence-electron chi connectivity index (χ1n) is 8.87. The van der Waals surface area contributed by atoms with Crippen molar-refractivity contribution in [2.75, 3.05) is 5.32 Å². The van der Waals surface area contributed by atoms with E-state index in [9.17, 15) is 14.0 Å². The van der Waals surface area contributed by atoms with E-state index in [1.54, 1.807) is 24.3 Å². The molecule has 0 aliphatic rings. The lowest BCUT2D eigenvalue weighted by Gasteiger charge is -2.16. The monoisotopic (exact) mass is 405 g/mol. The minimum atomic E-state index is -0.662. The predicted octanol–water partition coefficient (Wildman–Crippen LogP) is 4.53. The Bertz CT molecular complexity index is 1210. The number of halogens is 1. The van der Waals surface area contributed by atoms with Crippen LogP contribution in [0.2, 0.25) is 0 Å². The highest BCUT2D eigenvalue weighted by Gasteiger charge is 2.23. The fraction of sp³-hybridized carbons (Fsp3) is 0.0455. The largest absolute Gasteiger partial charge is 0.325 e. The standard InChI is InChI=1S/C22H16FN3O2S/c23-15-10-12-16(13-11-15)24-21(28)19(14-6-2-1-3-7-14)29-22-25-18-9-5-4-8-17(18)20(27)26-22/h1-13,19H,(H,24,28)(H,25,26,27)/t19-/m0/s1. The number of rotatable bonds is 5. The molecule has 0 aliphatic heterocycles. The molecule has 0 radical (unpaired) electrons. The minimum Gasteiger partial charge on any atom is -0.325 e. The van der Waals surface area contributed by atoms with Crippen LogP contribution in [0.3, 0.4) is 0 Å². The molecule has 144 valence electrons. The fourth-order valence-corrected chi connectivity index (χ4v) is 3.86. The van der Waals surface area contributed by atoms with Gasteiger partial charge in [-0.15, -0.1) is 0 Å². The van der Waals surface area contributed by atoms with E-state index in [4.69, 9.17) is 0 Å². The molecular weight excluding hydrogens is 389 g/mol. The van der Waals surface area contributed by atoms with E-state index in [1.165, 1.54) is 24.3 Å². The van der Waals surface area contributed by atoms with Crippen LogP contribution >= 0.6 is 11.8 Å². The Hall–Kier alpha value is -3.45. The number of hydrogen-bond donors (Lipinski definition) is 2. The van der Waals surface area contributed by atoms with Crippen molar-refractivity contribution in [3.63, 3.8) is 0 Å². The maximum atomic E-state index is 13.1. The normalized spacial score (nSPS) is 11.9. The molecule has 0 bridgehead atoms. The van der Waals surface area contributed by atoms with Crippen LogP contribution in [0.4, 0.5) is 10.1 Å². The highest BCUT2D eigenvalue weighted by Crippen LogP contribution is 2.34. The van der Waals surface area contributed by atoms with Crippen molar-refractivity contribution in [2.45, 2.75) is 10.4 Å². The van der Waals surface area contributed by atoms with Gasteiger partial charge in [-0.2, -0.15) is 0 Å². The molecule has 4 rings (SSSR count). The Morgan fingerprint density at radius 2 is 1.66 bits per heavy atom. The van der Waals surface area contributed by atoms with Crippen LogP contribution in [-0.2, 0) is 4.79 Å². The molecular formula is C22H16FN3O2S. The Morgan fingerprint density at radius 3 is 2.41 bits per heavy atom. The number of thioether (sulfide) groups is 1. The number of fused-ring (bicyclic) bond motifs is 1. The van der Waals surface area contributed by atoms with E-state index in [0.29, 0.717) is 21.7 Å². The highest BCUT2D eigenvalue weighted by molar-refractivity contribution is 8.00. The molecule has 29 heavy (non-hydrogen) atoms. The van der Waals surface area contributed by atoms with Crippen molar-refractivity contribution in [3.05, 3.63) is 101 Å². The lowest BCUT2D eigenvalue weighted by molar-refractivity contribution is -0.115. The van der Waals surface area contributed by atoms with Gasteiger partial charge in [0.1, 0.15) is 11.1 Å². The van der Waals surface area contributed by atoms with Crippen LogP contribution in [0, 0.1) is 5.82 Å².